The van der Waals surface area contributed by atoms with Crippen LogP contribution in [0.3, 0.4) is 0 Å². The highest BCUT2D eigenvalue weighted by atomic mass is 19.1. The van der Waals surface area contributed by atoms with Crippen LogP contribution in [0.15, 0.2) is 42.5 Å². The molecule has 1 heterocycles. The number of methoxy groups -OCH3 is 1. The molecule has 3 rings (SSSR count). The number of ether oxygens (including phenoxy) is 2. The fraction of sp³-hybridized carbons (Fsp3) is 0.348. The third-order valence-electron chi connectivity index (χ3n) is 5.13. The second kappa shape index (κ2) is 10.9. The van der Waals surface area contributed by atoms with E-state index in [9.17, 15) is 18.8 Å². The molecule has 0 bridgehead atoms. The maximum atomic E-state index is 14.9. The summed E-state index contributed by atoms with van der Waals surface area (Å²) < 4.78 is 24.9. The van der Waals surface area contributed by atoms with E-state index in [1.165, 1.54) is 25.0 Å². The fourth-order valence-electron chi connectivity index (χ4n) is 3.38. The Labute approximate surface area is 191 Å². The number of hydrogen-bond donors (Lipinski definition) is 3. The zero-order valence-corrected chi connectivity index (χ0v) is 18.5. The minimum absolute atomic E-state index is 0.130. The number of carbonyl (C=O) groups excluding carboxylic acids is 3. The van der Waals surface area contributed by atoms with Crippen LogP contribution in [0.25, 0.3) is 11.1 Å². The van der Waals surface area contributed by atoms with Crippen molar-refractivity contribution in [1.29, 1.82) is 0 Å². The molecule has 2 aromatic carbocycles. The lowest BCUT2D eigenvalue weighted by Crippen LogP contribution is -2.43. The number of anilines is 1. The van der Waals surface area contributed by atoms with Crippen LogP contribution in [0.5, 0.6) is 0 Å². The molecule has 2 atom stereocenters. The SMILES string of the molecule is COC[C@H](N)C(=O)NCc1ccc(-c2ccc(N3C[C@H](CNC(C)=O)OC3=O)cc2F)cc1. The largest absolute Gasteiger partial charge is 0.442 e. The number of carbonyl (C=O) groups is 3. The van der Waals surface area contributed by atoms with Crippen molar-refractivity contribution >= 4 is 23.6 Å². The van der Waals surface area contributed by atoms with E-state index >= 15 is 0 Å². The van der Waals surface area contributed by atoms with Crippen LogP contribution in [0.1, 0.15) is 12.5 Å². The number of nitrogens with one attached hydrogen (secondary N) is 2. The summed E-state index contributed by atoms with van der Waals surface area (Å²) in [5, 5.41) is 5.33. The monoisotopic (exact) mass is 458 g/mol. The number of rotatable bonds is 9. The van der Waals surface area contributed by atoms with Gasteiger partial charge in [-0.1, -0.05) is 24.3 Å². The highest BCUT2D eigenvalue weighted by Crippen LogP contribution is 2.29. The van der Waals surface area contributed by atoms with Crippen LogP contribution in [-0.4, -0.2) is 56.9 Å². The number of amides is 3. The van der Waals surface area contributed by atoms with Gasteiger partial charge in [0, 0.05) is 26.1 Å². The summed E-state index contributed by atoms with van der Waals surface area (Å²) in [5.41, 5.74) is 7.91. The molecule has 1 fully saturated rings. The van der Waals surface area contributed by atoms with Gasteiger partial charge in [0.05, 0.1) is 25.4 Å². The summed E-state index contributed by atoms with van der Waals surface area (Å²) in [7, 11) is 1.47. The van der Waals surface area contributed by atoms with Crippen LogP contribution >= 0.6 is 0 Å². The molecule has 4 N–H and O–H groups in total. The lowest BCUT2D eigenvalue weighted by atomic mass is 10.0. The van der Waals surface area contributed by atoms with Crippen molar-refractivity contribution in [2.45, 2.75) is 25.6 Å². The summed E-state index contributed by atoms with van der Waals surface area (Å²) in [6.07, 6.45) is -1.09. The highest BCUT2D eigenvalue weighted by molar-refractivity contribution is 5.90. The predicted octanol–water partition coefficient (Wildman–Crippen LogP) is 1.54. The van der Waals surface area contributed by atoms with Gasteiger partial charge in [0.15, 0.2) is 0 Å². The van der Waals surface area contributed by atoms with Crippen LogP contribution in [-0.2, 0) is 25.6 Å². The standard InChI is InChI=1S/C23H27FN4O5/c1-14(29)26-11-18-12-28(23(31)33-18)17-7-8-19(20(24)9-17)16-5-3-15(4-6-16)10-27-22(30)21(25)13-32-2/h3-9,18,21H,10-13,25H2,1-2H3,(H,26,29)(H,27,30)/t18-,21-/m0/s1. The second-order valence-corrected chi connectivity index (χ2v) is 7.69. The topological polar surface area (TPSA) is 123 Å². The van der Waals surface area contributed by atoms with Gasteiger partial charge in [0.1, 0.15) is 18.0 Å². The van der Waals surface area contributed by atoms with Crippen LogP contribution in [0.2, 0.25) is 0 Å². The highest BCUT2D eigenvalue weighted by Gasteiger charge is 2.32. The number of nitrogens with zero attached hydrogens (tertiary/aromatic N) is 1. The molecule has 10 heteroatoms. The first-order chi connectivity index (χ1) is 15.8. The van der Waals surface area contributed by atoms with E-state index in [2.05, 4.69) is 10.6 Å². The van der Waals surface area contributed by atoms with E-state index in [4.69, 9.17) is 15.2 Å². The van der Waals surface area contributed by atoms with Gasteiger partial charge in [0.25, 0.3) is 0 Å². The van der Waals surface area contributed by atoms with Gasteiger partial charge in [-0.05, 0) is 29.3 Å². The third kappa shape index (κ3) is 6.27. The first-order valence-electron chi connectivity index (χ1n) is 10.4. The molecule has 0 unspecified atom stereocenters. The Morgan fingerprint density at radius 3 is 2.61 bits per heavy atom. The summed E-state index contributed by atoms with van der Waals surface area (Å²) in [6, 6.07) is 10.9. The second-order valence-electron chi connectivity index (χ2n) is 7.69. The molecular formula is C23H27FN4O5. The van der Waals surface area contributed by atoms with Gasteiger partial charge in [-0.2, -0.15) is 0 Å². The molecule has 176 valence electrons. The molecule has 9 nitrogen and oxygen atoms in total. The van der Waals surface area contributed by atoms with E-state index in [1.807, 2.05) is 0 Å². The smallest absolute Gasteiger partial charge is 0.414 e. The van der Waals surface area contributed by atoms with Crippen molar-refractivity contribution in [2.75, 3.05) is 31.7 Å². The van der Waals surface area contributed by atoms with Gasteiger partial charge in [-0.15, -0.1) is 0 Å². The van der Waals surface area contributed by atoms with Crippen molar-refractivity contribution < 1.29 is 28.2 Å². The summed E-state index contributed by atoms with van der Waals surface area (Å²) in [6.45, 7) is 2.21. The number of benzene rings is 2. The quantitative estimate of drug-likeness (QED) is 0.524. The van der Waals surface area contributed by atoms with Gasteiger partial charge in [-0.25, -0.2) is 9.18 Å². The van der Waals surface area contributed by atoms with Gasteiger partial charge in [-0.3, -0.25) is 14.5 Å². The number of cyclic esters (lactones) is 1. The molecule has 0 aliphatic carbocycles. The van der Waals surface area contributed by atoms with Crippen molar-refractivity contribution in [1.82, 2.24) is 10.6 Å². The zero-order valence-electron chi connectivity index (χ0n) is 18.5. The zero-order chi connectivity index (χ0) is 24.0. The van der Waals surface area contributed by atoms with Crippen molar-refractivity contribution in [3.8, 4) is 11.1 Å². The molecule has 0 radical (unpaired) electrons. The Kier molecular flexibility index (Phi) is 7.96. The van der Waals surface area contributed by atoms with Crippen molar-refractivity contribution in [3.63, 3.8) is 0 Å². The molecular weight excluding hydrogens is 431 g/mol. The van der Waals surface area contributed by atoms with E-state index in [0.29, 0.717) is 16.8 Å². The summed E-state index contributed by atoms with van der Waals surface area (Å²) in [4.78, 5) is 36.4. The molecule has 3 amide bonds. The molecule has 1 aliphatic rings. The van der Waals surface area contributed by atoms with E-state index in [1.54, 1.807) is 36.4 Å². The first-order valence-corrected chi connectivity index (χ1v) is 10.4. The van der Waals surface area contributed by atoms with Crippen LogP contribution in [0, 0.1) is 5.82 Å². The van der Waals surface area contributed by atoms with Gasteiger partial charge < -0.3 is 25.8 Å². The molecule has 33 heavy (non-hydrogen) atoms. The van der Waals surface area contributed by atoms with Crippen molar-refractivity contribution in [3.05, 3.63) is 53.8 Å². The Morgan fingerprint density at radius 1 is 1.24 bits per heavy atom. The summed E-state index contributed by atoms with van der Waals surface area (Å²) >= 11 is 0. The normalized spacial score (nSPS) is 16.3. The summed E-state index contributed by atoms with van der Waals surface area (Å²) in [5.74, 6) is -1.03. The van der Waals surface area contributed by atoms with E-state index < -0.39 is 24.1 Å². The van der Waals surface area contributed by atoms with E-state index in [0.717, 1.165) is 5.56 Å². The average molecular weight is 458 g/mol. The maximum Gasteiger partial charge on any atom is 0.414 e. The molecule has 1 saturated heterocycles. The minimum Gasteiger partial charge on any atom is -0.442 e. The van der Waals surface area contributed by atoms with Crippen LogP contribution in [0.4, 0.5) is 14.9 Å². The minimum atomic E-state index is -0.740. The lowest BCUT2D eigenvalue weighted by molar-refractivity contribution is -0.123. The first kappa shape index (κ1) is 24.1. The maximum absolute atomic E-state index is 14.9. The Bertz CT molecular complexity index is 1010. The third-order valence-corrected chi connectivity index (χ3v) is 5.13. The molecule has 0 aromatic heterocycles. The Hall–Kier alpha value is -3.50. The van der Waals surface area contributed by atoms with Crippen LogP contribution < -0.4 is 21.3 Å². The number of halogens is 1. The average Bonchev–Trinajstić information content (AvgIpc) is 3.17. The van der Waals surface area contributed by atoms with Crippen molar-refractivity contribution in [2.24, 2.45) is 5.73 Å². The molecule has 0 saturated carbocycles. The predicted molar refractivity (Wildman–Crippen MR) is 120 cm³/mol. The number of nitrogens with two attached hydrogens (primary N) is 1. The molecule has 1 aliphatic heterocycles. The van der Waals surface area contributed by atoms with E-state index in [-0.39, 0.29) is 38.1 Å². The molecule has 0 spiro atoms. The fourth-order valence-corrected chi connectivity index (χ4v) is 3.38. The number of hydrogen-bond acceptors (Lipinski definition) is 6. The van der Waals surface area contributed by atoms with Gasteiger partial charge >= 0.3 is 6.09 Å². The molecule has 2 aromatic rings. The van der Waals surface area contributed by atoms with Gasteiger partial charge in [0.2, 0.25) is 11.8 Å². The lowest BCUT2D eigenvalue weighted by Gasteiger charge is -2.15. The Morgan fingerprint density at radius 2 is 1.97 bits per heavy atom. The Balaban J connectivity index is 1.63.